The maximum atomic E-state index is 8.76. The molecule has 0 unspecified atom stereocenters. The number of furan rings is 1. The van der Waals surface area contributed by atoms with Crippen molar-refractivity contribution in [3.63, 3.8) is 0 Å². The van der Waals surface area contributed by atoms with Crippen molar-refractivity contribution in [3.8, 4) is 33.8 Å². The topological polar surface area (TPSA) is 51.8 Å². The number of rotatable bonds is 8. The number of hydrogen-bond donors (Lipinski definition) is 0. The molecule has 8 rings (SSSR count). The van der Waals surface area contributed by atoms with E-state index < -0.39 is 25.1 Å². The van der Waals surface area contributed by atoms with E-state index in [4.69, 9.17) is 17.1 Å². The monoisotopic (exact) mass is 1020 g/mol. The summed E-state index contributed by atoms with van der Waals surface area (Å²) in [5, 5.41) is 2.09. The van der Waals surface area contributed by atoms with Crippen LogP contribution in [0.15, 0.2) is 89.6 Å². The molecule has 4 heterocycles. The molecule has 1 radical (unpaired) electrons. The number of hydrogen-bond acceptors (Lipinski definition) is 4. The number of fused-ring (bicyclic) bond motifs is 3. The van der Waals surface area contributed by atoms with Crippen LogP contribution in [-0.4, -0.2) is 28.2 Å². The molecule has 4 aromatic heterocycles. The summed E-state index contributed by atoms with van der Waals surface area (Å²) in [7, 11) is 0. The van der Waals surface area contributed by atoms with Gasteiger partial charge in [-0.05, 0) is 84.7 Å². The molecular weight excluding hydrogens is 959 g/mol. The van der Waals surface area contributed by atoms with Crippen molar-refractivity contribution >= 4 is 39.7 Å². The van der Waals surface area contributed by atoms with E-state index in [-0.39, 0.29) is 20.1 Å². The van der Waals surface area contributed by atoms with Crippen LogP contribution in [0.25, 0.3) is 55.8 Å². The van der Waals surface area contributed by atoms with Gasteiger partial charge in [-0.2, -0.15) is 0 Å². The molecule has 0 aliphatic heterocycles. The van der Waals surface area contributed by atoms with E-state index in [1.165, 1.54) is 59.1 Å². The quantitative estimate of drug-likeness (QED) is 0.112. The molecule has 3 aromatic carbocycles. The van der Waals surface area contributed by atoms with Gasteiger partial charge in [0.15, 0.2) is 0 Å². The molecule has 7 aromatic rings. The van der Waals surface area contributed by atoms with Crippen LogP contribution in [0.1, 0.15) is 102 Å². The average Bonchev–Trinajstić information content (AvgIpc) is 3.86. The minimum absolute atomic E-state index is 0. The predicted octanol–water partition coefficient (Wildman–Crippen LogP) is 14.0. The van der Waals surface area contributed by atoms with Gasteiger partial charge in [0.2, 0.25) is 5.71 Å². The van der Waals surface area contributed by atoms with Gasteiger partial charge in [0.1, 0.15) is 0 Å². The zero-order valence-corrected chi connectivity index (χ0v) is 41.3. The SMILES string of the molecule is Cc1ccc(C)c(-c2ccc3c(n2)oc2c[c-]c(-c4cc(CC5CCCC5)c(C(C)C)cn4)cc23)c1C.[2H]C([2H])(c1cc(-c2[c-]cccc2)nc[c]1[Ge]([CH3])([CH3])[CH3])C(C)(C)C.[Ir]. The Hall–Kier alpha value is -3.90. The van der Waals surface area contributed by atoms with E-state index >= 15 is 0 Å². The fourth-order valence-electron chi connectivity index (χ4n) is 8.37. The molecule has 59 heavy (non-hydrogen) atoms. The Balaban J connectivity index is 0.000000225. The van der Waals surface area contributed by atoms with Gasteiger partial charge >= 0.3 is 135 Å². The van der Waals surface area contributed by atoms with Crippen LogP contribution in [0.5, 0.6) is 0 Å². The predicted molar refractivity (Wildman–Crippen MR) is 248 cm³/mol. The molecule has 4 nitrogen and oxygen atoms in total. The molecule has 1 fully saturated rings. The summed E-state index contributed by atoms with van der Waals surface area (Å²) < 4.78 is 24.9. The Morgan fingerprint density at radius 3 is 2.19 bits per heavy atom. The third-order valence-corrected chi connectivity index (χ3v) is 15.8. The van der Waals surface area contributed by atoms with Crippen LogP contribution in [-0.2, 0) is 32.9 Å². The number of benzene rings is 3. The average molecular weight is 1020 g/mol. The van der Waals surface area contributed by atoms with Crippen LogP contribution in [0.4, 0.5) is 0 Å². The molecular formula is C53H61GeIrN3O-2. The summed E-state index contributed by atoms with van der Waals surface area (Å²) in [6.45, 7) is 16.9. The Kier molecular flexibility index (Phi) is 13.0. The van der Waals surface area contributed by atoms with Crippen LogP contribution in [0.3, 0.4) is 0 Å². The van der Waals surface area contributed by atoms with Gasteiger partial charge in [-0.3, -0.25) is 0 Å². The van der Waals surface area contributed by atoms with E-state index in [2.05, 4.69) is 112 Å². The maximum Gasteiger partial charge on any atom is 0 e. The summed E-state index contributed by atoms with van der Waals surface area (Å²) >= 11 is -2.24. The molecule has 0 bridgehead atoms. The first kappa shape index (κ1) is 41.8. The Labute approximate surface area is 372 Å². The zero-order valence-electron chi connectivity index (χ0n) is 38.9. The summed E-state index contributed by atoms with van der Waals surface area (Å²) in [5.74, 6) is 8.13. The van der Waals surface area contributed by atoms with Gasteiger partial charge < -0.3 is 9.40 Å². The largest absolute Gasteiger partial charge is 0 e. The molecule has 0 saturated heterocycles. The smallest absolute Gasteiger partial charge is 0 e. The van der Waals surface area contributed by atoms with Crippen molar-refractivity contribution in [2.75, 3.05) is 0 Å². The number of aromatic nitrogens is 3. The summed E-state index contributed by atoms with van der Waals surface area (Å²) in [5.41, 5.74) is 14.3. The van der Waals surface area contributed by atoms with Crippen LogP contribution >= 0.6 is 0 Å². The fraction of sp³-hybridized carbons (Fsp3) is 0.377. The standard InChI is InChI=1S/C34H35N2O.C19H26GeN.Ir/c1-20(2)29-19-35-31(18-26(29)16-24-8-6-7-9-24)25-12-15-32-28(17-25)27-13-14-30(36-34(27)37-32)33-22(4)11-10-21(3)23(33)5;1-19(2,3)13-16-12-18(15-10-8-7-9-11-15)21-14-17(16)20(4,5)6;/h10-11,13-15,17-20,24H,6-9,16H2,1-5H3;7-10,12,14H,13H2,1-6H3;/q2*-1;/i;13D2;. The van der Waals surface area contributed by atoms with Crippen molar-refractivity contribution in [2.45, 2.75) is 117 Å². The van der Waals surface area contributed by atoms with Gasteiger partial charge in [-0.25, -0.2) is 4.98 Å². The van der Waals surface area contributed by atoms with Crippen molar-refractivity contribution in [3.05, 3.63) is 131 Å². The van der Waals surface area contributed by atoms with Gasteiger partial charge in [0.05, 0.1) is 11.3 Å². The molecule has 6 heteroatoms. The van der Waals surface area contributed by atoms with Crippen LogP contribution in [0.2, 0.25) is 17.3 Å². The third kappa shape index (κ3) is 10.4. The maximum absolute atomic E-state index is 8.76. The number of nitrogens with zero attached hydrogens (tertiary/aromatic N) is 3. The summed E-state index contributed by atoms with van der Waals surface area (Å²) in [6, 6.07) is 31.3. The molecule has 1 saturated carbocycles. The normalized spacial score (nSPS) is 14.2. The van der Waals surface area contributed by atoms with Crippen molar-refractivity contribution < 1.29 is 27.3 Å². The van der Waals surface area contributed by atoms with E-state index in [1.54, 1.807) is 0 Å². The van der Waals surface area contributed by atoms with Gasteiger partial charge in [-0.15, -0.1) is 23.8 Å². The second kappa shape index (κ2) is 18.4. The second-order valence-electron chi connectivity index (χ2n) is 18.8. The molecule has 1 aliphatic carbocycles. The first-order chi connectivity index (χ1) is 28.3. The van der Waals surface area contributed by atoms with Crippen molar-refractivity contribution in [1.82, 2.24) is 15.0 Å². The number of aryl methyl sites for hydroxylation is 2. The van der Waals surface area contributed by atoms with Crippen molar-refractivity contribution in [2.24, 2.45) is 11.3 Å². The van der Waals surface area contributed by atoms with E-state index in [1.807, 2.05) is 63.4 Å². The molecule has 1 aliphatic rings. The van der Waals surface area contributed by atoms with Gasteiger partial charge in [-0.1, -0.05) is 63.1 Å². The second-order valence-corrected chi connectivity index (χ2v) is 29.3. The van der Waals surface area contributed by atoms with E-state index in [9.17, 15) is 0 Å². The first-order valence-electron chi connectivity index (χ1n) is 22.1. The Bertz CT molecular complexity index is 2650. The van der Waals surface area contributed by atoms with Gasteiger partial charge in [0.25, 0.3) is 0 Å². The van der Waals surface area contributed by atoms with Crippen molar-refractivity contribution in [1.29, 1.82) is 0 Å². The Morgan fingerprint density at radius 2 is 1.51 bits per heavy atom. The zero-order chi connectivity index (χ0) is 43.1. The third-order valence-electron chi connectivity index (χ3n) is 11.6. The first-order valence-corrected chi connectivity index (χ1v) is 28.5. The molecule has 0 spiro atoms. The van der Waals surface area contributed by atoms with Crippen LogP contribution in [0, 0.1) is 44.2 Å². The molecule has 0 N–H and O–H groups in total. The molecule has 0 amide bonds. The van der Waals surface area contributed by atoms with E-state index in [0.717, 1.165) is 66.9 Å². The number of pyridine rings is 3. The van der Waals surface area contributed by atoms with E-state index in [0.29, 0.717) is 11.6 Å². The minimum Gasteiger partial charge on any atom is 0 e. The Morgan fingerprint density at radius 1 is 0.814 bits per heavy atom. The van der Waals surface area contributed by atoms with Gasteiger partial charge in [0, 0.05) is 37.3 Å². The molecule has 0 atom stereocenters. The molecule has 309 valence electrons. The van der Waals surface area contributed by atoms with Crippen LogP contribution < -0.4 is 4.40 Å². The summed E-state index contributed by atoms with van der Waals surface area (Å²) in [6.07, 6.45) is 9.20. The fourth-order valence-corrected chi connectivity index (χ4v) is 11.3. The minimum atomic E-state index is -2.24. The summed E-state index contributed by atoms with van der Waals surface area (Å²) in [4.78, 5) is 14.5.